The van der Waals surface area contributed by atoms with Gasteiger partial charge in [-0.2, -0.15) is 5.26 Å². The Morgan fingerprint density at radius 3 is 2.87 bits per heavy atom. The summed E-state index contributed by atoms with van der Waals surface area (Å²) < 4.78 is 5.15. The maximum absolute atomic E-state index is 8.37. The van der Waals surface area contributed by atoms with Gasteiger partial charge in [0, 0.05) is 10.5 Å². The number of aliphatic imine (C=N–C) groups is 1. The van der Waals surface area contributed by atoms with Crippen LogP contribution in [0.25, 0.3) is 4.91 Å². The summed E-state index contributed by atoms with van der Waals surface area (Å²) in [6, 6.07) is 7.10. The Kier molecular flexibility index (Phi) is 3.95. The Bertz CT molecular complexity index is 435. The highest BCUT2D eigenvalue weighted by Gasteiger charge is 2.04. The van der Waals surface area contributed by atoms with Crippen molar-refractivity contribution in [1.29, 1.82) is 5.26 Å². The molecular formula is C11H10N2OS. The molecule has 3 nitrogen and oxygen atoms in total. The van der Waals surface area contributed by atoms with Crippen LogP contribution in [0.15, 0.2) is 29.8 Å². The topological polar surface area (TPSA) is 45.4 Å². The number of rotatable bonds is 4. The van der Waals surface area contributed by atoms with Crippen molar-refractivity contribution in [3.63, 3.8) is 0 Å². The molecule has 0 saturated carbocycles. The van der Waals surface area contributed by atoms with Crippen molar-refractivity contribution >= 4 is 29.9 Å². The molecule has 0 aliphatic heterocycles. The first-order valence-electron chi connectivity index (χ1n) is 4.17. The van der Waals surface area contributed by atoms with Crippen molar-refractivity contribution < 1.29 is 4.74 Å². The fourth-order valence-corrected chi connectivity index (χ4v) is 1.27. The van der Waals surface area contributed by atoms with Crippen LogP contribution in [0.1, 0.15) is 5.56 Å². The molecule has 0 radical (unpaired) electrons. The third kappa shape index (κ3) is 2.86. The van der Waals surface area contributed by atoms with Gasteiger partial charge in [0.15, 0.2) is 6.61 Å². The lowest BCUT2D eigenvalue weighted by atomic mass is 10.1. The van der Waals surface area contributed by atoms with Crippen LogP contribution in [0.4, 0.5) is 5.69 Å². The number of hydrogen-bond donors (Lipinski definition) is 1. The average molecular weight is 218 g/mol. The normalized spacial score (nSPS) is 9.07. The van der Waals surface area contributed by atoms with Crippen LogP contribution in [0.5, 0.6) is 5.75 Å². The van der Waals surface area contributed by atoms with Gasteiger partial charge in [-0.25, -0.2) is 0 Å². The maximum Gasteiger partial charge on any atom is 0.174 e. The van der Waals surface area contributed by atoms with Crippen molar-refractivity contribution in [3.05, 3.63) is 30.3 Å². The van der Waals surface area contributed by atoms with Crippen LogP contribution in [-0.2, 0) is 0 Å². The Hall–Kier alpha value is -1.73. The summed E-state index contributed by atoms with van der Waals surface area (Å²) in [6.45, 7) is 7.17. The van der Waals surface area contributed by atoms with Crippen LogP contribution in [0.3, 0.4) is 0 Å². The van der Waals surface area contributed by atoms with E-state index in [9.17, 15) is 0 Å². The molecule has 15 heavy (non-hydrogen) atoms. The lowest BCUT2D eigenvalue weighted by Gasteiger charge is -2.07. The van der Waals surface area contributed by atoms with E-state index < -0.39 is 0 Å². The minimum absolute atomic E-state index is 0.0132. The Morgan fingerprint density at radius 2 is 2.33 bits per heavy atom. The smallest absolute Gasteiger partial charge is 0.174 e. The Morgan fingerprint density at radius 1 is 1.60 bits per heavy atom. The van der Waals surface area contributed by atoms with E-state index in [2.05, 4.69) is 30.9 Å². The molecule has 0 aromatic heterocycles. The molecule has 0 bridgehead atoms. The SMILES string of the molecule is C=Nc1ccc(OCC#N)cc1C(=C)S. The van der Waals surface area contributed by atoms with E-state index in [0.29, 0.717) is 16.3 Å². The molecular weight excluding hydrogens is 208 g/mol. The molecule has 0 unspecified atom stereocenters. The van der Waals surface area contributed by atoms with Gasteiger partial charge >= 0.3 is 0 Å². The zero-order valence-corrected chi connectivity index (χ0v) is 9.00. The van der Waals surface area contributed by atoms with Gasteiger partial charge in [-0.3, -0.25) is 4.99 Å². The number of nitrogens with zero attached hydrogens (tertiary/aromatic N) is 2. The van der Waals surface area contributed by atoms with Gasteiger partial charge in [0.2, 0.25) is 0 Å². The molecule has 0 aliphatic rings. The maximum atomic E-state index is 8.37. The van der Waals surface area contributed by atoms with Crippen LogP contribution in [0.2, 0.25) is 0 Å². The zero-order chi connectivity index (χ0) is 11.3. The molecule has 76 valence electrons. The van der Waals surface area contributed by atoms with Gasteiger partial charge in [-0.15, -0.1) is 12.6 Å². The second-order valence-electron chi connectivity index (χ2n) is 2.73. The molecule has 0 fully saturated rings. The molecule has 4 heteroatoms. The first-order valence-corrected chi connectivity index (χ1v) is 4.62. The van der Waals surface area contributed by atoms with Crippen LogP contribution in [0, 0.1) is 11.3 Å². The quantitative estimate of drug-likeness (QED) is 0.624. The predicted molar refractivity (Wildman–Crippen MR) is 64.8 cm³/mol. The molecule has 1 aromatic carbocycles. The lowest BCUT2D eigenvalue weighted by Crippen LogP contribution is -1.93. The lowest BCUT2D eigenvalue weighted by molar-refractivity contribution is 0.368. The van der Waals surface area contributed by atoms with E-state index >= 15 is 0 Å². The van der Waals surface area contributed by atoms with Gasteiger partial charge in [-0.1, -0.05) is 6.58 Å². The number of thiol groups is 1. The monoisotopic (exact) mass is 218 g/mol. The summed E-state index contributed by atoms with van der Waals surface area (Å²) in [7, 11) is 0. The minimum Gasteiger partial charge on any atom is -0.479 e. The summed E-state index contributed by atoms with van der Waals surface area (Å²) in [5.74, 6) is 0.592. The molecule has 0 N–H and O–H groups in total. The second kappa shape index (κ2) is 5.23. The Labute approximate surface area is 94.1 Å². The van der Waals surface area contributed by atoms with E-state index in [1.54, 1.807) is 18.2 Å². The highest BCUT2D eigenvalue weighted by Crippen LogP contribution is 2.30. The molecule has 0 saturated heterocycles. The van der Waals surface area contributed by atoms with Crippen LogP contribution in [-0.4, -0.2) is 13.3 Å². The Balaban J connectivity index is 3.06. The predicted octanol–water partition coefficient (Wildman–Crippen LogP) is 2.82. The third-order valence-electron chi connectivity index (χ3n) is 1.75. The van der Waals surface area contributed by atoms with Gasteiger partial charge in [-0.05, 0) is 24.9 Å². The summed E-state index contributed by atoms with van der Waals surface area (Å²) in [6.07, 6.45) is 0. The summed E-state index contributed by atoms with van der Waals surface area (Å²) in [5, 5.41) is 8.37. The highest BCUT2D eigenvalue weighted by atomic mass is 32.1. The average Bonchev–Trinajstić information content (AvgIpc) is 2.25. The molecule has 0 heterocycles. The number of benzene rings is 1. The van der Waals surface area contributed by atoms with Gasteiger partial charge < -0.3 is 4.74 Å². The minimum atomic E-state index is 0.0132. The molecule has 1 rings (SSSR count). The van der Waals surface area contributed by atoms with E-state index in [-0.39, 0.29) is 6.61 Å². The summed E-state index contributed by atoms with van der Waals surface area (Å²) in [5.41, 5.74) is 1.45. The van der Waals surface area contributed by atoms with E-state index in [0.717, 1.165) is 5.56 Å². The van der Waals surface area contributed by atoms with Crippen molar-refractivity contribution in [1.82, 2.24) is 0 Å². The van der Waals surface area contributed by atoms with Crippen LogP contribution < -0.4 is 4.74 Å². The van der Waals surface area contributed by atoms with Crippen molar-refractivity contribution in [2.24, 2.45) is 4.99 Å². The molecule has 1 aromatic rings. The fourth-order valence-electron chi connectivity index (χ4n) is 1.09. The fraction of sp³-hybridized carbons (Fsp3) is 0.0909. The molecule has 0 atom stereocenters. The number of ether oxygens (including phenoxy) is 1. The number of nitriles is 1. The standard InChI is InChI=1S/C11H10N2OS/c1-8(15)10-7-9(14-6-5-12)3-4-11(10)13-2/h3-4,7,15H,1-2,6H2. The van der Waals surface area contributed by atoms with E-state index in [1.807, 2.05) is 6.07 Å². The van der Waals surface area contributed by atoms with Crippen molar-refractivity contribution in [2.45, 2.75) is 0 Å². The van der Waals surface area contributed by atoms with Crippen molar-refractivity contribution in [2.75, 3.05) is 6.61 Å². The van der Waals surface area contributed by atoms with E-state index in [1.165, 1.54) is 0 Å². The summed E-state index contributed by atoms with van der Waals surface area (Å²) in [4.78, 5) is 4.42. The first-order chi connectivity index (χ1) is 7.19. The van der Waals surface area contributed by atoms with E-state index in [4.69, 9.17) is 10.00 Å². The molecule has 0 amide bonds. The molecule has 0 spiro atoms. The zero-order valence-electron chi connectivity index (χ0n) is 8.10. The van der Waals surface area contributed by atoms with Gasteiger partial charge in [0.25, 0.3) is 0 Å². The second-order valence-corrected chi connectivity index (χ2v) is 3.27. The summed E-state index contributed by atoms with van der Waals surface area (Å²) >= 11 is 4.15. The van der Waals surface area contributed by atoms with Crippen molar-refractivity contribution in [3.8, 4) is 11.8 Å². The van der Waals surface area contributed by atoms with Crippen LogP contribution >= 0.6 is 12.6 Å². The largest absolute Gasteiger partial charge is 0.479 e. The van der Waals surface area contributed by atoms with Gasteiger partial charge in [0.1, 0.15) is 11.8 Å². The number of hydrogen-bond acceptors (Lipinski definition) is 4. The third-order valence-corrected chi connectivity index (χ3v) is 1.99. The first kappa shape index (κ1) is 11.3. The highest BCUT2D eigenvalue weighted by molar-refractivity contribution is 7.90. The molecule has 0 aliphatic carbocycles. The van der Waals surface area contributed by atoms with Gasteiger partial charge in [0.05, 0.1) is 5.69 Å².